The van der Waals surface area contributed by atoms with Crippen molar-refractivity contribution in [2.75, 3.05) is 0 Å². The van der Waals surface area contributed by atoms with Crippen molar-refractivity contribution in [3.63, 3.8) is 0 Å². The van der Waals surface area contributed by atoms with Crippen LogP contribution in [0.3, 0.4) is 0 Å². The fourth-order valence-corrected chi connectivity index (χ4v) is 2.62. The number of pyridine rings is 1. The summed E-state index contributed by atoms with van der Waals surface area (Å²) in [5, 5.41) is 9.03. The van der Waals surface area contributed by atoms with E-state index < -0.39 is 5.97 Å². The minimum absolute atomic E-state index is 0.0556. The molecule has 1 aromatic carbocycles. The van der Waals surface area contributed by atoms with Gasteiger partial charge in [0.2, 0.25) is 5.88 Å². The van der Waals surface area contributed by atoms with E-state index in [1.165, 1.54) is 12.3 Å². The van der Waals surface area contributed by atoms with Gasteiger partial charge < -0.3 is 9.84 Å². The Morgan fingerprint density at radius 1 is 1.32 bits per heavy atom. The Morgan fingerprint density at radius 2 is 2.05 bits per heavy atom. The molecule has 0 spiro atoms. The highest BCUT2D eigenvalue weighted by molar-refractivity contribution is 9.11. The van der Waals surface area contributed by atoms with Gasteiger partial charge in [0, 0.05) is 10.5 Å². The Balaban J connectivity index is 2.33. The van der Waals surface area contributed by atoms with Crippen molar-refractivity contribution >= 4 is 49.4 Å². The maximum absolute atomic E-state index is 11.0. The van der Waals surface area contributed by atoms with Crippen LogP contribution < -0.4 is 4.74 Å². The van der Waals surface area contributed by atoms with Gasteiger partial charge in [0.15, 0.2) is 0 Å². The van der Waals surface area contributed by atoms with E-state index in [0.29, 0.717) is 5.75 Å². The lowest BCUT2D eigenvalue weighted by molar-refractivity contribution is 0.0696. The molecule has 0 aliphatic rings. The van der Waals surface area contributed by atoms with Gasteiger partial charge in [-0.15, -0.1) is 0 Å². The molecule has 1 heterocycles. The van der Waals surface area contributed by atoms with Gasteiger partial charge in [-0.3, -0.25) is 0 Å². The van der Waals surface area contributed by atoms with Crippen molar-refractivity contribution < 1.29 is 14.6 Å². The number of carboxylic acids is 1. The number of carbonyl (C=O) groups is 1. The van der Waals surface area contributed by atoms with E-state index in [-0.39, 0.29) is 16.5 Å². The first kappa shape index (κ1) is 14.3. The standard InChI is InChI=1S/C12H6Br2ClNO3/c13-6-1-2-10(8(14)3-6)19-11-4-7(12(17)18)9(15)5-16-11/h1-5H,(H,17,18). The van der Waals surface area contributed by atoms with Gasteiger partial charge in [0.05, 0.1) is 21.3 Å². The Morgan fingerprint density at radius 3 is 2.68 bits per heavy atom. The molecule has 0 atom stereocenters. The summed E-state index contributed by atoms with van der Waals surface area (Å²) < 4.78 is 7.12. The molecule has 1 aromatic heterocycles. The largest absolute Gasteiger partial charge is 0.478 e. The summed E-state index contributed by atoms with van der Waals surface area (Å²) in [5.41, 5.74) is -0.0556. The summed E-state index contributed by atoms with van der Waals surface area (Å²) >= 11 is 12.4. The molecule has 0 fully saturated rings. The number of hydrogen-bond donors (Lipinski definition) is 1. The van der Waals surface area contributed by atoms with Gasteiger partial charge in [0.1, 0.15) is 5.75 Å². The van der Waals surface area contributed by atoms with E-state index >= 15 is 0 Å². The number of nitrogens with zero attached hydrogens (tertiary/aromatic N) is 1. The summed E-state index contributed by atoms with van der Waals surface area (Å²) in [6.07, 6.45) is 1.24. The fourth-order valence-electron chi connectivity index (χ4n) is 1.31. The number of benzene rings is 1. The van der Waals surface area contributed by atoms with E-state index in [4.69, 9.17) is 21.4 Å². The van der Waals surface area contributed by atoms with Crippen LogP contribution in [0.4, 0.5) is 0 Å². The molecule has 0 saturated carbocycles. The van der Waals surface area contributed by atoms with Gasteiger partial charge in [-0.05, 0) is 34.1 Å². The Labute approximate surface area is 130 Å². The molecule has 98 valence electrons. The Hall–Kier alpha value is -1.11. The summed E-state index contributed by atoms with van der Waals surface area (Å²) in [4.78, 5) is 14.9. The second-order valence-electron chi connectivity index (χ2n) is 3.48. The summed E-state index contributed by atoms with van der Waals surface area (Å²) in [7, 11) is 0. The van der Waals surface area contributed by atoms with Crippen molar-refractivity contribution in [3.05, 3.63) is 50.0 Å². The molecule has 0 aliphatic heterocycles. The second-order valence-corrected chi connectivity index (χ2v) is 5.66. The summed E-state index contributed by atoms with van der Waals surface area (Å²) in [6, 6.07) is 6.61. The predicted octanol–water partition coefficient (Wildman–Crippen LogP) is 4.75. The van der Waals surface area contributed by atoms with Crippen LogP contribution in [-0.4, -0.2) is 16.1 Å². The molecule has 0 radical (unpaired) electrons. The van der Waals surface area contributed by atoms with Gasteiger partial charge in [-0.25, -0.2) is 9.78 Å². The Kier molecular flexibility index (Phi) is 4.44. The van der Waals surface area contributed by atoms with Gasteiger partial charge >= 0.3 is 5.97 Å². The topological polar surface area (TPSA) is 59.4 Å². The first-order valence-corrected chi connectivity index (χ1v) is 6.95. The number of halogens is 3. The van der Waals surface area contributed by atoms with E-state index in [2.05, 4.69) is 36.8 Å². The Bertz CT molecular complexity index is 649. The second kappa shape index (κ2) is 5.90. The first-order valence-electron chi connectivity index (χ1n) is 4.99. The zero-order chi connectivity index (χ0) is 14.0. The molecule has 2 aromatic rings. The number of ether oxygens (including phenoxy) is 1. The average molecular weight is 407 g/mol. The normalized spacial score (nSPS) is 10.3. The van der Waals surface area contributed by atoms with Crippen LogP contribution >= 0.6 is 43.5 Å². The lowest BCUT2D eigenvalue weighted by Gasteiger charge is -2.08. The molecule has 0 bridgehead atoms. The van der Waals surface area contributed by atoms with Crippen LogP contribution in [-0.2, 0) is 0 Å². The molecule has 0 amide bonds. The maximum Gasteiger partial charge on any atom is 0.337 e. The third-order valence-corrected chi connectivity index (χ3v) is 3.58. The maximum atomic E-state index is 11.0. The molecular weight excluding hydrogens is 401 g/mol. The van der Waals surface area contributed by atoms with Crippen LogP contribution in [0, 0.1) is 0 Å². The zero-order valence-corrected chi connectivity index (χ0v) is 13.2. The van der Waals surface area contributed by atoms with E-state index in [9.17, 15) is 4.79 Å². The van der Waals surface area contributed by atoms with Crippen LogP contribution in [0.1, 0.15) is 10.4 Å². The summed E-state index contributed by atoms with van der Waals surface area (Å²) in [5.74, 6) is -0.452. The number of aromatic nitrogens is 1. The molecule has 7 heteroatoms. The van der Waals surface area contributed by atoms with Crippen molar-refractivity contribution in [3.8, 4) is 11.6 Å². The van der Waals surface area contributed by atoms with Crippen LogP contribution in [0.5, 0.6) is 11.6 Å². The highest BCUT2D eigenvalue weighted by atomic mass is 79.9. The summed E-state index contributed by atoms with van der Waals surface area (Å²) in [6.45, 7) is 0. The lowest BCUT2D eigenvalue weighted by atomic mass is 10.2. The average Bonchev–Trinajstić information content (AvgIpc) is 2.34. The first-order chi connectivity index (χ1) is 8.97. The van der Waals surface area contributed by atoms with Crippen LogP contribution in [0.25, 0.3) is 0 Å². The van der Waals surface area contributed by atoms with Crippen molar-refractivity contribution in [1.29, 1.82) is 0 Å². The quantitative estimate of drug-likeness (QED) is 0.798. The van der Waals surface area contributed by atoms with E-state index in [0.717, 1.165) is 8.95 Å². The van der Waals surface area contributed by atoms with Gasteiger partial charge in [-0.1, -0.05) is 27.5 Å². The number of rotatable bonds is 3. The third kappa shape index (κ3) is 3.46. The molecule has 2 rings (SSSR count). The molecule has 19 heavy (non-hydrogen) atoms. The SMILES string of the molecule is O=C(O)c1cc(Oc2ccc(Br)cc2Br)ncc1Cl. The highest BCUT2D eigenvalue weighted by Crippen LogP contribution is 2.32. The minimum atomic E-state index is -1.13. The van der Waals surface area contributed by atoms with E-state index in [1.807, 2.05) is 6.07 Å². The minimum Gasteiger partial charge on any atom is -0.478 e. The molecule has 0 aliphatic carbocycles. The monoisotopic (exact) mass is 405 g/mol. The third-order valence-electron chi connectivity index (χ3n) is 2.17. The van der Waals surface area contributed by atoms with Gasteiger partial charge in [0.25, 0.3) is 0 Å². The van der Waals surface area contributed by atoms with Crippen LogP contribution in [0.15, 0.2) is 39.4 Å². The highest BCUT2D eigenvalue weighted by Gasteiger charge is 2.12. The number of hydrogen-bond acceptors (Lipinski definition) is 3. The van der Waals surface area contributed by atoms with Crippen molar-refractivity contribution in [1.82, 2.24) is 4.98 Å². The molecule has 0 saturated heterocycles. The van der Waals surface area contributed by atoms with E-state index in [1.54, 1.807) is 12.1 Å². The fraction of sp³-hybridized carbons (Fsp3) is 0. The molecule has 1 N–H and O–H groups in total. The zero-order valence-electron chi connectivity index (χ0n) is 9.23. The molecular formula is C12H6Br2ClNO3. The lowest BCUT2D eigenvalue weighted by Crippen LogP contribution is -1.99. The molecule has 0 unspecified atom stereocenters. The number of aromatic carboxylic acids is 1. The van der Waals surface area contributed by atoms with Crippen LogP contribution in [0.2, 0.25) is 5.02 Å². The van der Waals surface area contributed by atoms with Crippen molar-refractivity contribution in [2.24, 2.45) is 0 Å². The van der Waals surface area contributed by atoms with Crippen molar-refractivity contribution in [2.45, 2.75) is 0 Å². The van der Waals surface area contributed by atoms with Gasteiger partial charge in [-0.2, -0.15) is 0 Å². The smallest absolute Gasteiger partial charge is 0.337 e. The molecule has 4 nitrogen and oxygen atoms in total. The predicted molar refractivity (Wildman–Crippen MR) is 78.1 cm³/mol. The number of carboxylic acid groups (broad SMARTS) is 1.